The van der Waals surface area contributed by atoms with Crippen molar-refractivity contribution in [1.82, 2.24) is 19.7 Å². The smallest absolute Gasteiger partial charge is 0.318 e. The Kier molecular flexibility index (Phi) is 3.87. The van der Waals surface area contributed by atoms with E-state index >= 15 is 0 Å². The van der Waals surface area contributed by atoms with E-state index in [1.54, 1.807) is 42.7 Å². The summed E-state index contributed by atoms with van der Waals surface area (Å²) in [5.41, 5.74) is -0.384. The Labute approximate surface area is 148 Å². The van der Waals surface area contributed by atoms with Gasteiger partial charge in [0.15, 0.2) is 11.6 Å². The van der Waals surface area contributed by atoms with Crippen LogP contribution >= 0.6 is 0 Å². The number of rotatable bonds is 5. The van der Waals surface area contributed by atoms with Gasteiger partial charge in [0, 0.05) is 30.1 Å². The number of methoxy groups -OCH3 is 1. The summed E-state index contributed by atoms with van der Waals surface area (Å²) in [6.07, 6.45) is 4.45. The Balaban J connectivity index is 1.54. The minimum absolute atomic E-state index is 0.222. The average Bonchev–Trinajstić information content (AvgIpc) is 3.35. The molecule has 1 amide bonds. The first-order chi connectivity index (χ1) is 12.6. The molecule has 2 aromatic heterocycles. The number of anilines is 1. The van der Waals surface area contributed by atoms with Gasteiger partial charge in [-0.15, -0.1) is 5.10 Å². The number of amides is 1. The number of nitrogens with zero attached hydrogens (tertiary/aromatic N) is 4. The summed E-state index contributed by atoms with van der Waals surface area (Å²) < 4.78 is 20.6. The third kappa shape index (κ3) is 2.79. The molecular formula is C18H16FN5O2. The predicted molar refractivity (Wildman–Crippen MR) is 91.6 cm³/mol. The highest BCUT2D eigenvalue weighted by Crippen LogP contribution is 2.49. The van der Waals surface area contributed by atoms with Crippen LogP contribution in [-0.2, 0) is 10.2 Å². The van der Waals surface area contributed by atoms with Gasteiger partial charge in [-0.25, -0.2) is 14.1 Å². The predicted octanol–water partition coefficient (Wildman–Crippen LogP) is 2.48. The lowest BCUT2D eigenvalue weighted by molar-refractivity contribution is -0.118. The van der Waals surface area contributed by atoms with Gasteiger partial charge >= 0.3 is 6.01 Å². The molecular weight excluding hydrogens is 337 g/mol. The number of hydrogen-bond donors (Lipinski definition) is 1. The molecule has 1 saturated carbocycles. The molecule has 8 heteroatoms. The van der Waals surface area contributed by atoms with Crippen LogP contribution in [0.5, 0.6) is 6.01 Å². The van der Waals surface area contributed by atoms with Crippen LogP contribution in [0.25, 0.3) is 5.82 Å². The molecule has 1 fully saturated rings. The molecule has 0 unspecified atom stereocenters. The number of carbonyl (C=O) groups excluding carboxylic acids is 1. The number of halogens is 1. The Morgan fingerprint density at radius 3 is 2.81 bits per heavy atom. The minimum atomic E-state index is -0.812. The van der Waals surface area contributed by atoms with E-state index in [0.717, 1.165) is 0 Å². The highest BCUT2D eigenvalue weighted by atomic mass is 19.1. The minimum Gasteiger partial charge on any atom is -0.467 e. The zero-order valence-electron chi connectivity index (χ0n) is 14.0. The fourth-order valence-electron chi connectivity index (χ4n) is 2.90. The highest BCUT2D eigenvalue weighted by Gasteiger charge is 2.52. The number of aromatic nitrogens is 4. The summed E-state index contributed by atoms with van der Waals surface area (Å²) in [5, 5.41) is 7.08. The monoisotopic (exact) mass is 353 g/mol. The summed E-state index contributed by atoms with van der Waals surface area (Å²) >= 11 is 0. The molecule has 132 valence electrons. The maximum atomic E-state index is 14.1. The number of ether oxygens (including phenoxy) is 1. The van der Waals surface area contributed by atoms with Crippen molar-refractivity contribution >= 4 is 11.7 Å². The van der Waals surface area contributed by atoms with Crippen LogP contribution in [0.1, 0.15) is 18.4 Å². The molecule has 0 spiro atoms. The third-order valence-corrected chi connectivity index (χ3v) is 4.44. The Hall–Kier alpha value is -3.29. The third-order valence-electron chi connectivity index (χ3n) is 4.44. The van der Waals surface area contributed by atoms with E-state index in [1.165, 1.54) is 17.9 Å². The van der Waals surface area contributed by atoms with Gasteiger partial charge in [0.2, 0.25) is 5.91 Å². The number of carbonyl (C=O) groups is 1. The molecule has 0 aliphatic heterocycles. The summed E-state index contributed by atoms with van der Waals surface area (Å²) in [6, 6.07) is 9.94. The molecule has 3 aromatic rings. The summed E-state index contributed by atoms with van der Waals surface area (Å²) in [4.78, 5) is 20.8. The van der Waals surface area contributed by atoms with E-state index in [2.05, 4.69) is 20.4 Å². The fourth-order valence-corrected chi connectivity index (χ4v) is 2.90. The number of hydrogen-bond acceptors (Lipinski definition) is 5. The first-order valence-corrected chi connectivity index (χ1v) is 8.12. The van der Waals surface area contributed by atoms with E-state index in [1.807, 2.05) is 0 Å². The molecule has 1 aliphatic rings. The fraction of sp³-hybridized carbons (Fsp3) is 0.222. The van der Waals surface area contributed by atoms with Crippen LogP contribution in [0, 0.1) is 5.82 Å². The zero-order valence-corrected chi connectivity index (χ0v) is 14.0. The molecule has 0 atom stereocenters. The lowest BCUT2D eigenvalue weighted by Crippen LogP contribution is -2.29. The zero-order chi connectivity index (χ0) is 18.1. The standard InChI is InChI=1S/C18H16FN5O2/c1-26-17-20-10-6-15(22-17)24-11-7-14(23-24)21-16(25)18(8-9-18)12-4-2-3-5-13(12)19/h2-7,10-11H,8-9H2,1H3,(H,21,23,25). The van der Waals surface area contributed by atoms with Crippen LogP contribution in [0.2, 0.25) is 0 Å². The van der Waals surface area contributed by atoms with Crippen molar-refractivity contribution in [3.05, 3.63) is 60.2 Å². The van der Waals surface area contributed by atoms with Gasteiger partial charge in [-0.05, 0) is 18.9 Å². The van der Waals surface area contributed by atoms with Crippen molar-refractivity contribution in [2.45, 2.75) is 18.3 Å². The van der Waals surface area contributed by atoms with Gasteiger partial charge in [-0.3, -0.25) is 4.79 Å². The van der Waals surface area contributed by atoms with Gasteiger partial charge in [-0.1, -0.05) is 18.2 Å². The molecule has 1 aromatic carbocycles. The molecule has 4 rings (SSSR count). The Bertz CT molecular complexity index is 967. The maximum Gasteiger partial charge on any atom is 0.318 e. The molecule has 7 nitrogen and oxygen atoms in total. The van der Waals surface area contributed by atoms with E-state index in [4.69, 9.17) is 4.74 Å². The average molecular weight is 353 g/mol. The van der Waals surface area contributed by atoms with Crippen molar-refractivity contribution in [2.24, 2.45) is 0 Å². The van der Waals surface area contributed by atoms with Gasteiger partial charge in [0.1, 0.15) is 5.82 Å². The van der Waals surface area contributed by atoms with Crippen LogP contribution in [0.15, 0.2) is 48.8 Å². The van der Waals surface area contributed by atoms with Gasteiger partial charge < -0.3 is 10.1 Å². The quantitative estimate of drug-likeness (QED) is 0.762. The van der Waals surface area contributed by atoms with E-state index in [-0.39, 0.29) is 17.7 Å². The van der Waals surface area contributed by atoms with Crippen LogP contribution < -0.4 is 10.1 Å². The second-order valence-corrected chi connectivity index (χ2v) is 6.06. The highest BCUT2D eigenvalue weighted by molar-refractivity contribution is 6.00. The van der Waals surface area contributed by atoms with Gasteiger partial charge in [-0.2, -0.15) is 4.98 Å². The largest absolute Gasteiger partial charge is 0.467 e. The molecule has 1 aliphatic carbocycles. The normalized spacial score (nSPS) is 14.7. The van der Waals surface area contributed by atoms with Crippen molar-refractivity contribution in [3.8, 4) is 11.8 Å². The van der Waals surface area contributed by atoms with Crippen molar-refractivity contribution in [3.63, 3.8) is 0 Å². The lowest BCUT2D eigenvalue weighted by atomic mass is 9.94. The van der Waals surface area contributed by atoms with Gasteiger partial charge in [0.25, 0.3) is 0 Å². The molecule has 0 radical (unpaired) electrons. The molecule has 2 heterocycles. The molecule has 0 saturated heterocycles. The summed E-state index contributed by atoms with van der Waals surface area (Å²) in [6.45, 7) is 0. The Morgan fingerprint density at radius 2 is 2.08 bits per heavy atom. The van der Waals surface area contributed by atoms with Crippen molar-refractivity contribution in [2.75, 3.05) is 12.4 Å². The van der Waals surface area contributed by atoms with Crippen molar-refractivity contribution < 1.29 is 13.9 Å². The maximum absolute atomic E-state index is 14.1. The van der Waals surface area contributed by atoms with Crippen LogP contribution in [0.4, 0.5) is 10.2 Å². The van der Waals surface area contributed by atoms with E-state index < -0.39 is 5.41 Å². The first-order valence-electron chi connectivity index (χ1n) is 8.12. The second kappa shape index (κ2) is 6.21. The lowest BCUT2D eigenvalue weighted by Gasteiger charge is -2.15. The number of benzene rings is 1. The Morgan fingerprint density at radius 1 is 1.27 bits per heavy atom. The number of nitrogens with one attached hydrogen (secondary N) is 1. The summed E-state index contributed by atoms with van der Waals surface area (Å²) in [7, 11) is 1.48. The second-order valence-electron chi connectivity index (χ2n) is 6.06. The van der Waals surface area contributed by atoms with Crippen molar-refractivity contribution in [1.29, 1.82) is 0 Å². The molecule has 26 heavy (non-hydrogen) atoms. The molecule has 0 bridgehead atoms. The molecule has 1 N–H and O–H groups in total. The SMILES string of the molecule is COc1nccc(-n2ccc(NC(=O)C3(c4ccccc4F)CC3)n2)n1. The van der Waals surface area contributed by atoms with Gasteiger partial charge in [0.05, 0.1) is 12.5 Å². The first kappa shape index (κ1) is 16.2. The van der Waals surface area contributed by atoms with E-state index in [9.17, 15) is 9.18 Å². The van der Waals surface area contributed by atoms with E-state index in [0.29, 0.717) is 30.0 Å². The topological polar surface area (TPSA) is 81.9 Å². The van der Waals surface area contributed by atoms with Crippen LogP contribution in [-0.4, -0.2) is 32.8 Å². The van der Waals surface area contributed by atoms with Crippen LogP contribution in [0.3, 0.4) is 0 Å². The summed E-state index contributed by atoms with van der Waals surface area (Å²) in [5.74, 6) is 0.259.